The minimum Gasteiger partial charge on any atom is -0.402 e. The third-order valence-corrected chi connectivity index (χ3v) is 2.77. The van der Waals surface area contributed by atoms with Crippen LogP contribution in [0.3, 0.4) is 0 Å². The predicted molar refractivity (Wildman–Crippen MR) is 68.4 cm³/mol. The Kier molecular flexibility index (Phi) is 7.49. The molecule has 0 saturated heterocycles. The van der Waals surface area contributed by atoms with Crippen LogP contribution in [0.1, 0.15) is 53.4 Å². The monoisotopic (exact) mass is 212 g/mol. The Hall–Kier alpha value is -0.500. The van der Waals surface area contributed by atoms with Crippen molar-refractivity contribution in [3.8, 4) is 0 Å². The molecule has 0 amide bonds. The van der Waals surface area contributed by atoms with Gasteiger partial charge in [0.2, 0.25) is 0 Å². The zero-order chi connectivity index (χ0) is 11.8. The number of hydrogen-bond acceptors (Lipinski definition) is 2. The van der Waals surface area contributed by atoms with E-state index in [1.165, 1.54) is 18.4 Å². The molecular weight excluding hydrogens is 184 g/mol. The molecule has 0 saturated carbocycles. The highest BCUT2D eigenvalue weighted by molar-refractivity contribution is 5.15. The third-order valence-electron chi connectivity index (χ3n) is 2.77. The normalized spacial score (nSPS) is 11.1. The molecule has 0 aliphatic carbocycles. The van der Waals surface area contributed by atoms with Gasteiger partial charge in [0, 0.05) is 5.70 Å². The van der Waals surface area contributed by atoms with E-state index in [1.54, 1.807) is 0 Å². The van der Waals surface area contributed by atoms with Gasteiger partial charge in [-0.25, -0.2) is 0 Å². The molecule has 0 aromatic carbocycles. The highest BCUT2D eigenvalue weighted by Gasteiger charge is 2.11. The third kappa shape index (κ3) is 5.83. The molecule has 0 aliphatic heterocycles. The summed E-state index contributed by atoms with van der Waals surface area (Å²) in [6, 6.07) is 0. The van der Waals surface area contributed by atoms with Crippen molar-refractivity contribution in [1.82, 2.24) is 0 Å². The van der Waals surface area contributed by atoms with E-state index in [2.05, 4.69) is 27.7 Å². The molecule has 0 aromatic rings. The SMILES string of the molecule is CC(C)C(=C(N)CCCCCN)C(C)C. The van der Waals surface area contributed by atoms with E-state index in [0.29, 0.717) is 11.8 Å². The summed E-state index contributed by atoms with van der Waals surface area (Å²) >= 11 is 0. The van der Waals surface area contributed by atoms with Gasteiger partial charge in [-0.15, -0.1) is 0 Å². The molecule has 0 aliphatic rings. The zero-order valence-electron chi connectivity index (χ0n) is 10.8. The first-order valence-electron chi connectivity index (χ1n) is 6.19. The van der Waals surface area contributed by atoms with Gasteiger partial charge < -0.3 is 11.5 Å². The van der Waals surface area contributed by atoms with Crippen molar-refractivity contribution >= 4 is 0 Å². The van der Waals surface area contributed by atoms with E-state index >= 15 is 0 Å². The summed E-state index contributed by atoms with van der Waals surface area (Å²) < 4.78 is 0. The number of hydrogen-bond donors (Lipinski definition) is 2. The van der Waals surface area contributed by atoms with Gasteiger partial charge in [-0.1, -0.05) is 34.1 Å². The quantitative estimate of drug-likeness (QED) is 0.637. The van der Waals surface area contributed by atoms with E-state index in [-0.39, 0.29) is 0 Å². The lowest BCUT2D eigenvalue weighted by atomic mass is 9.89. The van der Waals surface area contributed by atoms with Gasteiger partial charge in [-0.05, 0) is 43.2 Å². The van der Waals surface area contributed by atoms with Crippen LogP contribution in [-0.2, 0) is 0 Å². The van der Waals surface area contributed by atoms with E-state index in [1.807, 2.05) is 0 Å². The van der Waals surface area contributed by atoms with E-state index in [4.69, 9.17) is 11.5 Å². The molecule has 0 atom stereocenters. The van der Waals surface area contributed by atoms with E-state index in [9.17, 15) is 0 Å². The van der Waals surface area contributed by atoms with Crippen LogP contribution in [0.5, 0.6) is 0 Å². The standard InChI is InChI=1S/C13H28N2/c1-10(2)13(11(3)4)12(15)8-6-5-7-9-14/h10-11H,5-9,14-15H2,1-4H3. The molecule has 0 bridgehead atoms. The summed E-state index contributed by atoms with van der Waals surface area (Å²) in [6.07, 6.45) is 4.52. The van der Waals surface area contributed by atoms with E-state index in [0.717, 1.165) is 25.1 Å². The second-order valence-electron chi connectivity index (χ2n) is 4.89. The van der Waals surface area contributed by atoms with Crippen LogP contribution in [0.2, 0.25) is 0 Å². The molecule has 0 heterocycles. The van der Waals surface area contributed by atoms with Crippen LogP contribution in [0.15, 0.2) is 11.3 Å². The van der Waals surface area contributed by atoms with Crippen LogP contribution in [0.4, 0.5) is 0 Å². The predicted octanol–water partition coefficient (Wildman–Crippen LogP) is 3.03. The number of allylic oxidation sites excluding steroid dienone is 2. The first-order chi connectivity index (χ1) is 7.00. The molecule has 0 aromatic heterocycles. The topological polar surface area (TPSA) is 52.0 Å². The molecule has 4 N–H and O–H groups in total. The minimum atomic E-state index is 0.569. The summed E-state index contributed by atoms with van der Waals surface area (Å²) in [5.41, 5.74) is 14.2. The lowest BCUT2D eigenvalue weighted by Crippen LogP contribution is -2.12. The van der Waals surface area contributed by atoms with E-state index < -0.39 is 0 Å². The molecule has 0 unspecified atom stereocenters. The second kappa shape index (κ2) is 7.75. The lowest BCUT2D eigenvalue weighted by molar-refractivity contribution is 0.594. The van der Waals surface area contributed by atoms with Gasteiger partial charge in [0.15, 0.2) is 0 Å². The van der Waals surface area contributed by atoms with Crippen LogP contribution < -0.4 is 11.5 Å². The molecule has 0 fully saturated rings. The molecule has 90 valence electrons. The number of rotatable bonds is 7. The fourth-order valence-corrected chi connectivity index (χ4v) is 2.19. The van der Waals surface area contributed by atoms with Gasteiger partial charge in [0.1, 0.15) is 0 Å². The maximum absolute atomic E-state index is 6.15. The van der Waals surface area contributed by atoms with Crippen LogP contribution in [-0.4, -0.2) is 6.54 Å². The van der Waals surface area contributed by atoms with Crippen molar-refractivity contribution in [2.45, 2.75) is 53.4 Å². The highest BCUT2D eigenvalue weighted by Crippen LogP contribution is 2.23. The maximum Gasteiger partial charge on any atom is 0.00776 e. The maximum atomic E-state index is 6.15. The average molecular weight is 212 g/mol. The van der Waals surface area contributed by atoms with Crippen LogP contribution >= 0.6 is 0 Å². The molecule has 0 rings (SSSR count). The van der Waals surface area contributed by atoms with Gasteiger partial charge in [0.25, 0.3) is 0 Å². The summed E-state index contributed by atoms with van der Waals surface area (Å²) in [7, 11) is 0. The lowest BCUT2D eigenvalue weighted by Gasteiger charge is -2.19. The summed E-state index contributed by atoms with van der Waals surface area (Å²) in [5.74, 6) is 1.14. The van der Waals surface area contributed by atoms with Gasteiger partial charge in [0.05, 0.1) is 0 Å². The Balaban J connectivity index is 4.19. The summed E-state index contributed by atoms with van der Waals surface area (Å²) in [6.45, 7) is 9.69. The first kappa shape index (κ1) is 14.5. The molecule has 0 spiro atoms. The van der Waals surface area contributed by atoms with Crippen molar-refractivity contribution in [3.05, 3.63) is 11.3 Å². The molecule has 15 heavy (non-hydrogen) atoms. The second-order valence-corrected chi connectivity index (χ2v) is 4.89. The molecule has 2 nitrogen and oxygen atoms in total. The Labute approximate surface area is 95.1 Å². The summed E-state index contributed by atoms with van der Waals surface area (Å²) in [4.78, 5) is 0. The largest absolute Gasteiger partial charge is 0.402 e. The fourth-order valence-electron chi connectivity index (χ4n) is 2.19. The Morgan fingerprint density at radius 3 is 1.87 bits per heavy atom. The Morgan fingerprint density at radius 2 is 1.47 bits per heavy atom. The van der Waals surface area contributed by atoms with Crippen molar-refractivity contribution < 1.29 is 0 Å². The van der Waals surface area contributed by atoms with Crippen LogP contribution in [0.25, 0.3) is 0 Å². The fraction of sp³-hybridized carbons (Fsp3) is 0.846. The first-order valence-corrected chi connectivity index (χ1v) is 6.19. The van der Waals surface area contributed by atoms with Crippen molar-refractivity contribution in [2.75, 3.05) is 6.54 Å². The van der Waals surface area contributed by atoms with Gasteiger partial charge in [-0.2, -0.15) is 0 Å². The highest BCUT2D eigenvalue weighted by atomic mass is 14.6. The van der Waals surface area contributed by atoms with Gasteiger partial charge >= 0.3 is 0 Å². The smallest absolute Gasteiger partial charge is 0.00776 e. The van der Waals surface area contributed by atoms with Crippen molar-refractivity contribution in [2.24, 2.45) is 23.3 Å². The Bertz CT molecular complexity index is 183. The minimum absolute atomic E-state index is 0.569. The Morgan fingerprint density at radius 1 is 0.933 bits per heavy atom. The molecule has 0 radical (unpaired) electrons. The van der Waals surface area contributed by atoms with Crippen LogP contribution in [0, 0.1) is 11.8 Å². The molecule has 2 heteroatoms. The molecular formula is C13H28N2. The average Bonchev–Trinajstić information content (AvgIpc) is 2.11. The van der Waals surface area contributed by atoms with Crippen molar-refractivity contribution in [3.63, 3.8) is 0 Å². The van der Waals surface area contributed by atoms with Crippen molar-refractivity contribution in [1.29, 1.82) is 0 Å². The number of nitrogens with two attached hydrogens (primary N) is 2. The van der Waals surface area contributed by atoms with Gasteiger partial charge in [-0.3, -0.25) is 0 Å². The number of unbranched alkanes of at least 4 members (excludes halogenated alkanes) is 2. The zero-order valence-corrected chi connectivity index (χ0v) is 10.8. The summed E-state index contributed by atoms with van der Waals surface area (Å²) in [5, 5.41) is 0.